The number of nitrogens with one attached hydrogen (secondary N) is 1. The Kier molecular flexibility index (Phi) is 8.22. The molecule has 1 heterocycles. The fourth-order valence-electron chi connectivity index (χ4n) is 2.52. The highest BCUT2D eigenvalue weighted by Crippen LogP contribution is 2.32. The van der Waals surface area contributed by atoms with E-state index in [-0.39, 0.29) is 18.4 Å². The number of hydrogen-bond donors (Lipinski definition) is 1. The van der Waals surface area contributed by atoms with E-state index < -0.39 is 0 Å². The molecule has 0 aliphatic rings. The number of hydrogen-bond acceptors (Lipinski definition) is 6. The van der Waals surface area contributed by atoms with Gasteiger partial charge < -0.3 is 14.8 Å². The van der Waals surface area contributed by atoms with Crippen molar-refractivity contribution < 1.29 is 9.47 Å². The molecule has 0 aliphatic carbocycles. The van der Waals surface area contributed by atoms with Crippen LogP contribution in [0, 0.1) is 0 Å². The molecule has 7 nitrogen and oxygen atoms in total. The zero-order chi connectivity index (χ0) is 19.1. The number of ether oxygens (including phenoxy) is 2. The van der Waals surface area contributed by atoms with Gasteiger partial charge in [-0.1, -0.05) is 36.3 Å². The van der Waals surface area contributed by atoms with Crippen LogP contribution in [-0.4, -0.2) is 32.9 Å². The topological polar surface area (TPSA) is 74.1 Å². The molecule has 1 aromatic heterocycles. The largest absolute Gasteiger partial charge is 0.490 e. The van der Waals surface area contributed by atoms with Gasteiger partial charge in [0.1, 0.15) is 0 Å². The molecule has 28 heavy (non-hydrogen) atoms. The van der Waals surface area contributed by atoms with Crippen molar-refractivity contribution in [2.75, 3.05) is 6.61 Å². The van der Waals surface area contributed by atoms with Gasteiger partial charge in [-0.15, -0.1) is 12.4 Å². The number of para-hydroxylation sites is 1. The van der Waals surface area contributed by atoms with Crippen LogP contribution in [0.25, 0.3) is 5.69 Å². The van der Waals surface area contributed by atoms with E-state index in [1.165, 1.54) is 0 Å². The molecule has 0 radical (unpaired) electrons. The molecule has 2 aromatic carbocycles. The maximum absolute atomic E-state index is 5.97. The molecule has 3 aromatic rings. The third-order valence-corrected chi connectivity index (χ3v) is 4.22. The van der Waals surface area contributed by atoms with Crippen molar-refractivity contribution in [1.29, 1.82) is 0 Å². The summed E-state index contributed by atoms with van der Waals surface area (Å²) in [4.78, 5) is 0. The van der Waals surface area contributed by atoms with Crippen LogP contribution in [0.5, 0.6) is 17.5 Å². The van der Waals surface area contributed by atoms with Crippen LogP contribution in [0.1, 0.15) is 32.8 Å². The Morgan fingerprint density at radius 1 is 1.07 bits per heavy atom. The van der Waals surface area contributed by atoms with Gasteiger partial charge in [-0.2, -0.15) is 4.68 Å². The van der Waals surface area contributed by atoms with Gasteiger partial charge in [-0.3, -0.25) is 0 Å². The third-order valence-electron chi connectivity index (χ3n) is 4.22. The highest BCUT2D eigenvalue weighted by Gasteiger charge is 2.14. The van der Waals surface area contributed by atoms with Gasteiger partial charge in [0.15, 0.2) is 11.5 Å². The number of benzene rings is 2. The highest BCUT2D eigenvalue weighted by atomic mass is 35.5. The lowest BCUT2D eigenvalue weighted by Crippen LogP contribution is -2.24. The Bertz CT molecular complexity index is 857. The van der Waals surface area contributed by atoms with E-state index in [1.807, 2.05) is 55.5 Å². The quantitative estimate of drug-likeness (QED) is 0.578. The molecule has 0 spiro atoms. The van der Waals surface area contributed by atoms with Gasteiger partial charge in [-0.05, 0) is 60.5 Å². The molecule has 0 aliphatic heterocycles. The minimum absolute atomic E-state index is 0. The van der Waals surface area contributed by atoms with Crippen LogP contribution in [0.15, 0.2) is 48.5 Å². The van der Waals surface area contributed by atoms with Gasteiger partial charge in [-0.25, -0.2) is 0 Å². The first-order valence-electron chi connectivity index (χ1n) is 9.22. The van der Waals surface area contributed by atoms with Crippen LogP contribution in [0.3, 0.4) is 0 Å². The van der Waals surface area contributed by atoms with Crippen molar-refractivity contribution in [1.82, 2.24) is 25.5 Å². The standard InChI is InChI=1S/C20H25N5O2.ClH/c1-4-15(3)21-14-16-11-12-18(19(13-16)26-5-2)27-20-22-23-24-25(20)17-9-7-6-8-10-17;/h6-13,15,21H,4-5,14H2,1-3H3;1H. The molecule has 1 unspecified atom stereocenters. The molecule has 1 atom stereocenters. The molecule has 150 valence electrons. The fraction of sp³-hybridized carbons (Fsp3) is 0.350. The molecule has 1 N–H and O–H groups in total. The molecule has 0 amide bonds. The maximum Gasteiger partial charge on any atom is 0.346 e. The minimum atomic E-state index is 0. The Morgan fingerprint density at radius 3 is 2.57 bits per heavy atom. The zero-order valence-electron chi connectivity index (χ0n) is 16.3. The molecular formula is C20H26ClN5O2. The fourth-order valence-corrected chi connectivity index (χ4v) is 2.52. The van der Waals surface area contributed by atoms with Crippen LogP contribution in [-0.2, 0) is 6.54 Å². The summed E-state index contributed by atoms with van der Waals surface area (Å²) < 4.78 is 13.3. The van der Waals surface area contributed by atoms with Crippen molar-refractivity contribution in [3.05, 3.63) is 54.1 Å². The van der Waals surface area contributed by atoms with Crippen molar-refractivity contribution >= 4 is 12.4 Å². The second-order valence-electron chi connectivity index (χ2n) is 6.22. The predicted octanol–water partition coefficient (Wildman–Crippen LogP) is 4.16. The highest BCUT2D eigenvalue weighted by molar-refractivity contribution is 5.85. The second-order valence-corrected chi connectivity index (χ2v) is 6.22. The van der Waals surface area contributed by atoms with Crippen LogP contribution >= 0.6 is 12.4 Å². The van der Waals surface area contributed by atoms with Crippen LogP contribution < -0.4 is 14.8 Å². The average molecular weight is 404 g/mol. The SMILES string of the molecule is CCOc1cc(CNC(C)CC)ccc1Oc1nnnn1-c1ccccc1.Cl. The van der Waals surface area contributed by atoms with E-state index in [2.05, 4.69) is 34.7 Å². The summed E-state index contributed by atoms with van der Waals surface area (Å²) >= 11 is 0. The number of halogens is 1. The van der Waals surface area contributed by atoms with Crippen LogP contribution in [0.4, 0.5) is 0 Å². The molecule has 0 fully saturated rings. The van der Waals surface area contributed by atoms with Crippen molar-refractivity contribution in [3.63, 3.8) is 0 Å². The molecule has 0 saturated heterocycles. The van der Waals surface area contributed by atoms with Crippen molar-refractivity contribution in [2.45, 2.75) is 39.8 Å². The molecule has 0 saturated carbocycles. The molecule has 3 rings (SSSR count). The Morgan fingerprint density at radius 2 is 1.86 bits per heavy atom. The van der Waals surface area contributed by atoms with E-state index in [0.717, 1.165) is 24.2 Å². The Hall–Kier alpha value is -2.64. The third kappa shape index (κ3) is 5.43. The first-order valence-corrected chi connectivity index (χ1v) is 9.22. The van der Waals surface area contributed by atoms with E-state index in [1.54, 1.807) is 4.68 Å². The van der Waals surface area contributed by atoms with E-state index in [4.69, 9.17) is 9.47 Å². The molecule has 0 bridgehead atoms. The lowest BCUT2D eigenvalue weighted by Gasteiger charge is -2.15. The summed E-state index contributed by atoms with van der Waals surface area (Å²) in [5.41, 5.74) is 1.96. The summed E-state index contributed by atoms with van der Waals surface area (Å²) in [5.74, 6) is 1.25. The number of aromatic nitrogens is 4. The van der Waals surface area contributed by atoms with Crippen molar-refractivity contribution in [2.24, 2.45) is 0 Å². The van der Waals surface area contributed by atoms with E-state index in [0.29, 0.717) is 24.1 Å². The maximum atomic E-state index is 5.97. The van der Waals surface area contributed by atoms with Gasteiger partial charge >= 0.3 is 6.01 Å². The lowest BCUT2D eigenvalue weighted by atomic mass is 10.1. The van der Waals surface area contributed by atoms with Crippen LogP contribution in [0.2, 0.25) is 0 Å². The van der Waals surface area contributed by atoms with E-state index in [9.17, 15) is 0 Å². The first-order chi connectivity index (χ1) is 13.2. The van der Waals surface area contributed by atoms with Gasteiger partial charge in [0.05, 0.1) is 12.3 Å². The van der Waals surface area contributed by atoms with Gasteiger partial charge in [0.2, 0.25) is 0 Å². The molecular weight excluding hydrogens is 378 g/mol. The monoisotopic (exact) mass is 403 g/mol. The average Bonchev–Trinajstić information content (AvgIpc) is 3.17. The zero-order valence-corrected chi connectivity index (χ0v) is 17.1. The smallest absolute Gasteiger partial charge is 0.346 e. The molecule has 8 heteroatoms. The summed E-state index contributed by atoms with van der Waals surface area (Å²) in [6, 6.07) is 16.3. The second kappa shape index (κ2) is 10.6. The normalized spacial score (nSPS) is 11.5. The summed E-state index contributed by atoms with van der Waals surface area (Å²) in [6.07, 6.45) is 1.08. The summed E-state index contributed by atoms with van der Waals surface area (Å²) in [5, 5.41) is 15.2. The van der Waals surface area contributed by atoms with E-state index >= 15 is 0 Å². The number of rotatable bonds is 9. The van der Waals surface area contributed by atoms with Crippen molar-refractivity contribution in [3.8, 4) is 23.2 Å². The minimum Gasteiger partial charge on any atom is -0.490 e. The first kappa shape index (κ1) is 21.7. The summed E-state index contributed by atoms with van der Waals surface area (Å²) in [7, 11) is 0. The number of nitrogens with zero attached hydrogens (tertiary/aromatic N) is 4. The Balaban J connectivity index is 0.00000280. The predicted molar refractivity (Wildman–Crippen MR) is 111 cm³/mol. The van der Waals surface area contributed by atoms with Gasteiger partial charge in [0, 0.05) is 12.6 Å². The summed E-state index contributed by atoms with van der Waals surface area (Å²) in [6.45, 7) is 7.60. The Labute approximate surface area is 171 Å². The lowest BCUT2D eigenvalue weighted by molar-refractivity contribution is 0.315. The van der Waals surface area contributed by atoms with Gasteiger partial charge in [0.25, 0.3) is 0 Å². The number of tetrazole rings is 1.